The summed E-state index contributed by atoms with van der Waals surface area (Å²) in [6.45, 7) is 1.59. The number of amides is 1. The maximum absolute atomic E-state index is 13.0. The summed E-state index contributed by atoms with van der Waals surface area (Å²) in [4.78, 5) is 19.9. The molecule has 0 saturated carbocycles. The summed E-state index contributed by atoms with van der Waals surface area (Å²) in [6, 6.07) is 12.4. The van der Waals surface area contributed by atoms with E-state index < -0.39 is 0 Å². The van der Waals surface area contributed by atoms with Crippen LogP contribution in [-0.4, -0.2) is 28.9 Å². The Morgan fingerprint density at radius 1 is 1.15 bits per heavy atom. The Bertz CT molecular complexity index is 1170. The van der Waals surface area contributed by atoms with Crippen LogP contribution in [0.25, 0.3) is 0 Å². The number of halogens is 2. The van der Waals surface area contributed by atoms with Crippen molar-refractivity contribution in [3.8, 4) is 0 Å². The van der Waals surface area contributed by atoms with E-state index in [1.165, 1.54) is 22.4 Å². The first-order valence-corrected chi connectivity index (χ1v) is 12.8. The summed E-state index contributed by atoms with van der Waals surface area (Å²) in [5.41, 5.74) is 6.24. The van der Waals surface area contributed by atoms with Gasteiger partial charge in [0.1, 0.15) is 7.05 Å². The summed E-state index contributed by atoms with van der Waals surface area (Å²) in [7, 11) is 1.99. The summed E-state index contributed by atoms with van der Waals surface area (Å²) in [5.74, 6) is 0.875. The third-order valence-corrected chi connectivity index (χ3v) is 8.02. The van der Waals surface area contributed by atoms with Crippen molar-refractivity contribution < 1.29 is 9.36 Å². The predicted molar refractivity (Wildman–Crippen MR) is 133 cm³/mol. The zero-order chi connectivity index (χ0) is 22.9. The van der Waals surface area contributed by atoms with Gasteiger partial charge in [0.15, 0.2) is 12.4 Å². The second-order valence-corrected chi connectivity index (χ2v) is 10.5. The number of likely N-dealkylation sites (tertiary alicyclic amines) is 1. The van der Waals surface area contributed by atoms with Gasteiger partial charge >= 0.3 is 0 Å². The summed E-state index contributed by atoms with van der Waals surface area (Å²) >= 11 is 10.2. The Kier molecular flexibility index (Phi) is 6.53. The standard InChI is InChI=1S/C27H28BrClN3O/c1-31-11-6-18(7-12-31)15-24(33)32-13-8-19(9-14-32)26-25-21(16-22(29)17-23(25)28)5-4-20-3-2-10-30-27(20)26/h2-3,6-7,10-12,16-17,19,26H,4-5,8-9,13-15H2,1H3/q+1/t26-/m1/s1. The molecule has 1 aromatic carbocycles. The molecule has 0 radical (unpaired) electrons. The minimum absolute atomic E-state index is 0.218. The van der Waals surface area contributed by atoms with Gasteiger partial charge in [-0.1, -0.05) is 33.6 Å². The van der Waals surface area contributed by atoms with Crippen LogP contribution in [0.3, 0.4) is 0 Å². The van der Waals surface area contributed by atoms with Gasteiger partial charge in [-0.15, -0.1) is 0 Å². The van der Waals surface area contributed by atoms with Gasteiger partial charge in [-0.05, 0) is 72.1 Å². The molecule has 1 amide bonds. The molecule has 1 saturated heterocycles. The molecule has 2 aromatic heterocycles. The largest absolute Gasteiger partial charge is 0.342 e. The van der Waals surface area contributed by atoms with Crippen LogP contribution < -0.4 is 4.57 Å². The average Bonchev–Trinajstić information content (AvgIpc) is 2.98. The van der Waals surface area contributed by atoms with Crippen LogP contribution in [-0.2, 0) is 31.1 Å². The SMILES string of the molecule is C[n+]1ccc(CC(=O)N2CCC([C@H]3c4ncccc4CCc4cc(Cl)cc(Br)c43)CC2)cc1. The van der Waals surface area contributed by atoms with Gasteiger partial charge < -0.3 is 4.90 Å². The lowest BCUT2D eigenvalue weighted by atomic mass is 9.76. The molecule has 3 heterocycles. The highest BCUT2D eigenvalue weighted by atomic mass is 79.9. The molecule has 1 fully saturated rings. The van der Waals surface area contributed by atoms with Crippen LogP contribution >= 0.6 is 27.5 Å². The first-order chi connectivity index (χ1) is 16.0. The molecule has 0 bridgehead atoms. The number of rotatable bonds is 3. The summed E-state index contributed by atoms with van der Waals surface area (Å²) < 4.78 is 3.06. The van der Waals surface area contributed by atoms with E-state index in [2.05, 4.69) is 28.1 Å². The fourth-order valence-corrected chi connectivity index (χ4v) is 6.54. The van der Waals surface area contributed by atoms with Crippen molar-refractivity contribution in [2.24, 2.45) is 13.0 Å². The van der Waals surface area contributed by atoms with Crippen molar-refractivity contribution in [3.05, 3.63) is 92.4 Å². The Hall–Kier alpha value is -2.24. The van der Waals surface area contributed by atoms with E-state index in [-0.39, 0.29) is 11.8 Å². The molecular formula is C27H28BrClN3O+. The third-order valence-electron chi connectivity index (χ3n) is 7.14. The summed E-state index contributed by atoms with van der Waals surface area (Å²) in [6.07, 6.45) is 10.3. The maximum atomic E-state index is 13.0. The smallest absolute Gasteiger partial charge is 0.226 e. The normalized spacial score (nSPS) is 18.4. The molecule has 0 unspecified atom stereocenters. The molecule has 1 atom stereocenters. The number of aromatic nitrogens is 2. The maximum Gasteiger partial charge on any atom is 0.226 e. The molecule has 1 aliphatic carbocycles. The Morgan fingerprint density at radius 2 is 1.88 bits per heavy atom. The number of hydrogen-bond donors (Lipinski definition) is 0. The van der Waals surface area contributed by atoms with E-state index in [1.54, 1.807) is 0 Å². The van der Waals surface area contributed by atoms with Crippen molar-refractivity contribution in [2.75, 3.05) is 13.1 Å². The molecule has 0 spiro atoms. The van der Waals surface area contributed by atoms with Gasteiger partial charge in [-0.3, -0.25) is 9.78 Å². The van der Waals surface area contributed by atoms with E-state index in [9.17, 15) is 4.79 Å². The number of carbonyl (C=O) groups excluding carboxylic acids is 1. The summed E-state index contributed by atoms with van der Waals surface area (Å²) in [5, 5.41) is 0.771. The molecule has 0 N–H and O–H groups in total. The van der Waals surface area contributed by atoms with Gasteiger partial charge in [-0.25, -0.2) is 4.57 Å². The highest BCUT2D eigenvalue weighted by Crippen LogP contribution is 2.45. The second kappa shape index (κ2) is 9.55. The lowest BCUT2D eigenvalue weighted by molar-refractivity contribution is -0.671. The Morgan fingerprint density at radius 3 is 2.64 bits per heavy atom. The highest BCUT2D eigenvalue weighted by molar-refractivity contribution is 9.10. The monoisotopic (exact) mass is 524 g/mol. The molecule has 1 aliphatic heterocycles. The van der Waals surface area contributed by atoms with Gasteiger partial charge in [0.05, 0.1) is 12.1 Å². The number of piperidine rings is 1. The number of aryl methyl sites for hydroxylation is 3. The zero-order valence-corrected chi connectivity index (χ0v) is 21.1. The van der Waals surface area contributed by atoms with E-state index in [4.69, 9.17) is 16.6 Å². The molecule has 33 heavy (non-hydrogen) atoms. The minimum Gasteiger partial charge on any atom is -0.342 e. The molecular weight excluding hydrogens is 498 g/mol. The number of nitrogens with zero attached hydrogens (tertiary/aromatic N) is 3. The van der Waals surface area contributed by atoms with Crippen molar-refractivity contribution in [3.63, 3.8) is 0 Å². The lowest BCUT2D eigenvalue weighted by Crippen LogP contribution is -2.41. The van der Waals surface area contributed by atoms with Crippen LogP contribution in [0.1, 0.15) is 46.7 Å². The van der Waals surface area contributed by atoms with Crippen molar-refractivity contribution in [1.29, 1.82) is 0 Å². The van der Waals surface area contributed by atoms with E-state index in [0.717, 1.165) is 53.8 Å². The number of fused-ring (bicyclic) bond motifs is 2. The van der Waals surface area contributed by atoms with Gasteiger partial charge in [0.2, 0.25) is 5.91 Å². The van der Waals surface area contributed by atoms with Crippen LogP contribution in [0.15, 0.2) is 59.5 Å². The molecule has 3 aromatic rings. The minimum atomic E-state index is 0.218. The van der Waals surface area contributed by atoms with E-state index in [0.29, 0.717) is 12.3 Å². The number of pyridine rings is 2. The topological polar surface area (TPSA) is 37.1 Å². The Labute approximate surface area is 208 Å². The second-order valence-electron chi connectivity index (χ2n) is 9.25. The van der Waals surface area contributed by atoms with Crippen molar-refractivity contribution in [2.45, 2.75) is 38.0 Å². The first-order valence-electron chi connectivity index (χ1n) is 11.6. The zero-order valence-electron chi connectivity index (χ0n) is 18.8. The molecule has 5 rings (SSSR count). The number of benzene rings is 1. The quantitative estimate of drug-likeness (QED) is 0.450. The fraction of sp³-hybridized carbons (Fsp3) is 0.370. The fourth-order valence-electron chi connectivity index (χ4n) is 5.42. The van der Waals surface area contributed by atoms with Crippen LogP contribution in [0.4, 0.5) is 0 Å². The molecule has 170 valence electrons. The van der Waals surface area contributed by atoms with Crippen LogP contribution in [0.5, 0.6) is 0 Å². The van der Waals surface area contributed by atoms with Crippen molar-refractivity contribution >= 4 is 33.4 Å². The highest BCUT2D eigenvalue weighted by Gasteiger charge is 2.36. The number of carbonyl (C=O) groups is 1. The van der Waals surface area contributed by atoms with Gasteiger partial charge in [0, 0.05) is 46.8 Å². The van der Waals surface area contributed by atoms with E-state index >= 15 is 0 Å². The van der Waals surface area contributed by atoms with Gasteiger partial charge in [0.25, 0.3) is 0 Å². The predicted octanol–water partition coefficient (Wildman–Crippen LogP) is 5.03. The Balaban J connectivity index is 1.38. The average molecular weight is 526 g/mol. The lowest BCUT2D eigenvalue weighted by Gasteiger charge is -2.37. The third kappa shape index (κ3) is 4.71. The first kappa shape index (κ1) is 22.5. The van der Waals surface area contributed by atoms with Crippen LogP contribution in [0.2, 0.25) is 5.02 Å². The van der Waals surface area contributed by atoms with Crippen molar-refractivity contribution in [1.82, 2.24) is 9.88 Å². The number of hydrogen-bond acceptors (Lipinski definition) is 2. The van der Waals surface area contributed by atoms with Gasteiger partial charge in [-0.2, -0.15) is 0 Å². The molecule has 2 aliphatic rings. The van der Waals surface area contributed by atoms with E-state index in [1.807, 2.05) is 59.4 Å². The molecule has 4 nitrogen and oxygen atoms in total. The molecule has 6 heteroatoms. The van der Waals surface area contributed by atoms with Crippen LogP contribution in [0, 0.1) is 5.92 Å².